The third kappa shape index (κ3) is 2.53. The van der Waals surface area contributed by atoms with Gasteiger partial charge in [-0.25, -0.2) is 22.0 Å². The molecular weight excluding hydrogens is 333 g/mol. The Morgan fingerprint density at radius 2 is 1.46 bits per heavy atom. The second-order valence-corrected chi connectivity index (χ2v) is 4.79. The van der Waals surface area contributed by atoms with Crippen LogP contribution < -0.4 is 10.9 Å². The summed E-state index contributed by atoms with van der Waals surface area (Å²) in [5.74, 6) is -11.5. The van der Waals surface area contributed by atoms with Crippen LogP contribution in [0.15, 0.2) is 30.3 Å². The number of H-pyrrole nitrogens is 1. The van der Waals surface area contributed by atoms with Crippen LogP contribution in [0.25, 0.3) is 10.9 Å². The lowest BCUT2D eigenvalue weighted by Crippen LogP contribution is -2.31. The van der Waals surface area contributed by atoms with Crippen LogP contribution in [0.1, 0.15) is 10.5 Å². The van der Waals surface area contributed by atoms with E-state index in [2.05, 4.69) is 4.98 Å². The van der Waals surface area contributed by atoms with Crippen LogP contribution in [0, 0.1) is 29.1 Å². The maximum atomic E-state index is 13.5. The molecule has 3 N–H and O–H groups in total. The predicted molar refractivity (Wildman–Crippen MR) is 75.6 cm³/mol. The highest BCUT2D eigenvalue weighted by atomic mass is 19.2. The molecule has 24 heavy (non-hydrogen) atoms. The monoisotopic (exact) mass is 341 g/mol. The van der Waals surface area contributed by atoms with Crippen LogP contribution >= 0.6 is 0 Å². The summed E-state index contributed by atoms with van der Waals surface area (Å²) in [5.41, 5.74) is 2.91. The number of halogens is 5. The van der Waals surface area contributed by atoms with Crippen molar-refractivity contribution < 1.29 is 26.7 Å². The molecule has 0 atom stereocenters. The van der Waals surface area contributed by atoms with Gasteiger partial charge in [0.2, 0.25) is 5.82 Å². The number of carbonyl (C=O) groups excluding carboxylic acids is 1. The molecule has 124 valence electrons. The Bertz CT molecular complexity index is 892. The first-order valence-corrected chi connectivity index (χ1v) is 6.55. The van der Waals surface area contributed by atoms with Crippen molar-refractivity contribution in [3.63, 3.8) is 0 Å². The SMILES string of the molecule is O=C(NNc1c(F)c(F)c(F)c(F)c1F)c1cc2ccccc2[nH]1. The minimum Gasteiger partial charge on any atom is -0.350 e. The summed E-state index contributed by atoms with van der Waals surface area (Å²) < 4.78 is 66.0. The topological polar surface area (TPSA) is 56.9 Å². The van der Waals surface area contributed by atoms with Gasteiger partial charge in [0, 0.05) is 10.9 Å². The summed E-state index contributed by atoms with van der Waals surface area (Å²) in [4.78, 5) is 14.7. The van der Waals surface area contributed by atoms with Gasteiger partial charge in [0.25, 0.3) is 5.91 Å². The molecule has 4 nitrogen and oxygen atoms in total. The van der Waals surface area contributed by atoms with Crippen LogP contribution in [0.2, 0.25) is 0 Å². The highest BCUT2D eigenvalue weighted by Crippen LogP contribution is 2.26. The third-order valence-electron chi connectivity index (χ3n) is 3.29. The van der Waals surface area contributed by atoms with Crippen molar-refractivity contribution in [3.8, 4) is 0 Å². The van der Waals surface area contributed by atoms with Crippen LogP contribution in [0.5, 0.6) is 0 Å². The molecule has 0 aliphatic rings. The van der Waals surface area contributed by atoms with Crippen molar-refractivity contribution in [3.05, 3.63) is 65.1 Å². The van der Waals surface area contributed by atoms with Gasteiger partial charge < -0.3 is 4.98 Å². The molecule has 0 fully saturated rings. The Kier molecular flexibility index (Phi) is 3.84. The van der Waals surface area contributed by atoms with E-state index >= 15 is 0 Å². The van der Waals surface area contributed by atoms with E-state index in [-0.39, 0.29) is 5.69 Å². The smallest absolute Gasteiger partial charge is 0.286 e. The lowest BCUT2D eigenvalue weighted by Gasteiger charge is -2.11. The number of fused-ring (bicyclic) bond motifs is 1. The van der Waals surface area contributed by atoms with Gasteiger partial charge in [-0.3, -0.25) is 15.6 Å². The molecule has 0 aliphatic carbocycles. The number of nitrogens with one attached hydrogen (secondary N) is 3. The van der Waals surface area contributed by atoms with Gasteiger partial charge in [0.05, 0.1) is 0 Å². The van der Waals surface area contributed by atoms with E-state index in [4.69, 9.17) is 0 Å². The first kappa shape index (κ1) is 15.8. The highest BCUT2D eigenvalue weighted by Gasteiger charge is 2.26. The standard InChI is InChI=1S/C15H8F5N3O/c16-9-10(17)12(19)14(13(20)11(9)18)22-23-15(24)8-5-6-3-1-2-4-7(6)21-8/h1-5,21-22H,(H,23,24). The normalized spacial score (nSPS) is 10.9. The fourth-order valence-corrected chi connectivity index (χ4v) is 2.10. The lowest BCUT2D eigenvalue weighted by atomic mass is 10.2. The first-order chi connectivity index (χ1) is 11.4. The summed E-state index contributed by atoms with van der Waals surface area (Å²) in [6, 6.07) is 8.35. The summed E-state index contributed by atoms with van der Waals surface area (Å²) in [7, 11) is 0. The van der Waals surface area contributed by atoms with E-state index in [0.717, 1.165) is 0 Å². The number of anilines is 1. The van der Waals surface area contributed by atoms with E-state index < -0.39 is 40.7 Å². The van der Waals surface area contributed by atoms with Crippen molar-refractivity contribution >= 4 is 22.5 Å². The lowest BCUT2D eigenvalue weighted by molar-refractivity contribution is 0.0958. The number of aromatic amines is 1. The summed E-state index contributed by atoms with van der Waals surface area (Å²) in [6.07, 6.45) is 0. The van der Waals surface area contributed by atoms with Crippen molar-refractivity contribution in [2.45, 2.75) is 0 Å². The number of rotatable bonds is 3. The highest BCUT2D eigenvalue weighted by molar-refractivity contribution is 5.98. The minimum absolute atomic E-state index is 0.0348. The van der Waals surface area contributed by atoms with Crippen molar-refractivity contribution in [2.24, 2.45) is 0 Å². The molecular formula is C15H8F5N3O. The van der Waals surface area contributed by atoms with Crippen molar-refractivity contribution in [1.29, 1.82) is 0 Å². The minimum atomic E-state index is -2.28. The van der Waals surface area contributed by atoms with Crippen LogP contribution in [0.3, 0.4) is 0 Å². The van der Waals surface area contributed by atoms with E-state index in [1.807, 2.05) is 5.43 Å². The zero-order valence-electron chi connectivity index (χ0n) is 11.7. The molecule has 0 radical (unpaired) electrons. The molecule has 0 spiro atoms. The first-order valence-electron chi connectivity index (χ1n) is 6.55. The number of aromatic nitrogens is 1. The van der Waals surface area contributed by atoms with Gasteiger partial charge in [0.15, 0.2) is 23.3 Å². The molecule has 3 rings (SSSR count). The Hall–Kier alpha value is -3.10. The molecule has 0 saturated carbocycles. The zero-order valence-corrected chi connectivity index (χ0v) is 11.7. The van der Waals surface area contributed by atoms with Gasteiger partial charge in [-0.05, 0) is 12.1 Å². The van der Waals surface area contributed by atoms with Gasteiger partial charge in [-0.15, -0.1) is 0 Å². The largest absolute Gasteiger partial charge is 0.350 e. The summed E-state index contributed by atoms with van der Waals surface area (Å²) >= 11 is 0. The fraction of sp³-hybridized carbons (Fsp3) is 0. The van der Waals surface area contributed by atoms with Gasteiger partial charge in [-0.1, -0.05) is 18.2 Å². The Labute approximate surface area is 131 Å². The maximum absolute atomic E-state index is 13.5. The number of para-hydroxylation sites is 1. The summed E-state index contributed by atoms with van der Waals surface area (Å²) in [6.45, 7) is 0. The molecule has 0 saturated heterocycles. The molecule has 3 aromatic rings. The third-order valence-corrected chi connectivity index (χ3v) is 3.29. The summed E-state index contributed by atoms with van der Waals surface area (Å²) in [5, 5.41) is 0.707. The van der Waals surface area contributed by atoms with E-state index in [1.165, 1.54) is 6.07 Å². The Morgan fingerprint density at radius 3 is 2.08 bits per heavy atom. The molecule has 0 aliphatic heterocycles. The van der Waals surface area contributed by atoms with Gasteiger partial charge in [0.1, 0.15) is 11.4 Å². The van der Waals surface area contributed by atoms with Crippen LogP contribution in [-0.4, -0.2) is 10.9 Å². The molecule has 1 heterocycles. The molecule has 1 aromatic heterocycles. The Balaban J connectivity index is 1.84. The molecule has 2 aromatic carbocycles. The quantitative estimate of drug-likeness (QED) is 0.295. The van der Waals surface area contributed by atoms with E-state index in [1.54, 1.807) is 29.7 Å². The number of benzene rings is 2. The van der Waals surface area contributed by atoms with Crippen molar-refractivity contribution in [1.82, 2.24) is 10.4 Å². The van der Waals surface area contributed by atoms with E-state index in [0.29, 0.717) is 10.9 Å². The molecule has 0 unspecified atom stereocenters. The second kappa shape index (κ2) is 5.84. The van der Waals surface area contributed by atoms with E-state index in [9.17, 15) is 26.7 Å². The Morgan fingerprint density at radius 1 is 0.875 bits per heavy atom. The van der Waals surface area contributed by atoms with Crippen LogP contribution in [-0.2, 0) is 0 Å². The number of carbonyl (C=O) groups is 1. The zero-order chi connectivity index (χ0) is 17.4. The van der Waals surface area contributed by atoms with Crippen molar-refractivity contribution in [2.75, 3.05) is 5.43 Å². The van der Waals surface area contributed by atoms with Gasteiger partial charge >= 0.3 is 0 Å². The van der Waals surface area contributed by atoms with Crippen LogP contribution in [0.4, 0.5) is 27.6 Å². The molecule has 0 bridgehead atoms. The second-order valence-electron chi connectivity index (χ2n) is 4.79. The molecule has 1 amide bonds. The number of hydrogen-bond donors (Lipinski definition) is 3. The fourth-order valence-electron chi connectivity index (χ4n) is 2.10. The number of hydrogen-bond acceptors (Lipinski definition) is 2. The molecule has 9 heteroatoms. The average molecular weight is 341 g/mol. The maximum Gasteiger partial charge on any atom is 0.286 e. The number of amides is 1. The average Bonchev–Trinajstić information content (AvgIpc) is 3.02. The van der Waals surface area contributed by atoms with Gasteiger partial charge in [-0.2, -0.15) is 0 Å². The number of hydrazine groups is 1. The predicted octanol–water partition coefficient (Wildman–Crippen LogP) is 3.62.